The van der Waals surface area contributed by atoms with Crippen molar-refractivity contribution in [1.29, 1.82) is 0 Å². The molecule has 0 aliphatic rings. The van der Waals surface area contributed by atoms with Crippen molar-refractivity contribution in [2.24, 2.45) is 5.84 Å². The number of hydrazine groups is 1. The quantitative estimate of drug-likeness (QED) is 0.250. The third-order valence-electron chi connectivity index (χ3n) is 2.03. The number of benzene rings is 1. The molecule has 0 aliphatic heterocycles. The van der Waals surface area contributed by atoms with Gasteiger partial charge in [-0.25, -0.2) is 5.84 Å². The predicted octanol–water partition coefficient (Wildman–Crippen LogP) is 0.744. The smallest absolute Gasteiger partial charge is 0.310 e. The van der Waals surface area contributed by atoms with Crippen molar-refractivity contribution in [3.63, 3.8) is 0 Å². The van der Waals surface area contributed by atoms with Gasteiger partial charge in [-0.05, 0) is 12.5 Å². The Morgan fingerprint density at radius 3 is 2.82 bits per heavy atom. The summed E-state index contributed by atoms with van der Waals surface area (Å²) in [7, 11) is 0. The first-order chi connectivity index (χ1) is 8.15. The molecular formula is C10H13N3O4. The van der Waals surface area contributed by atoms with Gasteiger partial charge in [0.25, 0.3) is 0 Å². The number of hydrogen-bond acceptors (Lipinski definition) is 5. The molecule has 0 spiro atoms. The zero-order valence-corrected chi connectivity index (χ0v) is 9.09. The summed E-state index contributed by atoms with van der Waals surface area (Å²) in [5, 5.41) is 10.7. The van der Waals surface area contributed by atoms with E-state index in [9.17, 15) is 14.9 Å². The standard InChI is InChI=1S/C10H13N3O4/c11-12-10(14)6-3-7-17-9-5-2-1-4-8(9)13(15)16/h1-2,4-5H,3,6-7,11H2,(H,12,14). The van der Waals surface area contributed by atoms with E-state index < -0.39 is 4.92 Å². The molecule has 17 heavy (non-hydrogen) atoms. The number of rotatable bonds is 6. The van der Waals surface area contributed by atoms with Gasteiger partial charge in [-0.2, -0.15) is 0 Å². The van der Waals surface area contributed by atoms with Crippen molar-refractivity contribution in [2.75, 3.05) is 6.61 Å². The molecule has 0 radical (unpaired) electrons. The molecule has 0 aliphatic carbocycles. The number of nitro groups is 1. The predicted molar refractivity (Wildman–Crippen MR) is 60.2 cm³/mol. The highest BCUT2D eigenvalue weighted by atomic mass is 16.6. The monoisotopic (exact) mass is 239 g/mol. The lowest BCUT2D eigenvalue weighted by molar-refractivity contribution is -0.385. The highest BCUT2D eigenvalue weighted by Gasteiger charge is 2.13. The summed E-state index contributed by atoms with van der Waals surface area (Å²) in [6.07, 6.45) is 0.659. The average Bonchev–Trinajstić information content (AvgIpc) is 2.34. The fourth-order valence-corrected chi connectivity index (χ4v) is 1.22. The number of carbonyl (C=O) groups is 1. The van der Waals surface area contributed by atoms with E-state index in [0.717, 1.165) is 0 Å². The van der Waals surface area contributed by atoms with Crippen molar-refractivity contribution in [1.82, 2.24) is 5.43 Å². The summed E-state index contributed by atoms with van der Waals surface area (Å²) < 4.78 is 5.23. The molecule has 7 heteroatoms. The van der Waals surface area contributed by atoms with Crippen molar-refractivity contribution in [2.45, 2.75) is 12.8 Å². The van der Waals surface area contributed by atoms with Crippen LogP contribution in [0.2, 0.25) is 0 Å². The summed E-state index contributed by atoms with van der Waals surface area (Å²) >= 11 is 0. The van der Waals surface area contributed by atoms with E-state index in [-0.39, 0.29) is 30.4 Å². The second-order valence-corrected chi connectivity index (χ2v) is 3.24. The third kappa shape index (κ3) is 4.07. The van der Waals surface area contributed by atoms with Crippen LogP contribution in [0.1, 0.15) is 12.8 Å². The van der Waals surface area contributed by atoms with Crippen LogP contribution in [-0.4, -0.2) is 17.4 Å². The number of nitro benzene ring substituents is 1. The van der Waals surface area contributed by atoms with Crippen LogP contribution in [0.25, 0.3) is 0 Å². The molecule has 1 aromatic carbocycles. The van der Waals surface area contributed by atoms with Gasteiger partial charge in [0, 0.05) is 12.5 Å². The van der Waals surface area contributed by atoms with Gasteiger partial charge >= 0.3 is 5.69 Å². The maximum absolute atomic E-state index is 10.8. The first kappa shape index (κ1) is 12.9. The number of amides is 1. The van der Waals surface area contributed by atoms with Crippen LogP contribution < -0.4 is 16.0 Å². The van der Waals surface area contributed by atoms with Crippen molar-refractivity contribution in [3.05, 3.63) is 34.4 Å². The Hall–Kier alpha value is -2.15. The Bertz CT molecular complexity index is 408. The topological polar surface area (TPSA) is 107 Å². The normalized spacial score (nSPS) is 9.71. The Labute approximate surface area is 97.7 Å². The van der Waals surface area contributed by atoms with Gasteiger partial charge in [-0.1, -0.05) is 12.1 Å². The number of ether oxygens (including phenoxy) is 1. The van der Waals surface area contributed by atoms with Crippen LogP contribution in [0.15, 0.2) is 24.3 Å². The number of hydrogen-bond donors (Lipinski definition) is 2. The summed E-state index contributed by atoms with van der Waals surface area (Å²) in [6, 6.07) is 6.09. The maximum Gasteiger partial charge on any atom is 0.310 e. The molecule has 0 aromatic heterocycles. The lowest BCUT2D eigenvalue weighted by Gasteiger charge is -2.05. The average molecular weight is 239 g/mol. The van der Waals surface area contributed by atoms with E-state index in [1.165, 1.54) is 12.1 Å². The summed E-state index contributed by atoms with van der Waals surface area (Å²) in [5.41, 5.74) is 1.90. The van der Waals surface area contributed by atoms with E-state index in [4.69, 9.17) is 10.6 Å². The largest absolute Gasteiger partial charge is 0.487 e. The summed E-state index contributed by atoms with van der Waals surface area (Å²) in [6.45, 7) is 0.221. The van der Waals surface area contributed by atoms with E-state index in [1.54, 1.807) is 12.1 Å². The van der Waals surface area contributed by atoms with Gasteiger partial charge in [0.05, 0.1) is 11.5 Å². The minimum absolute atomic E-state index is 0.0872. The van der Waals surface area contributed by atoms with Gasteiger partial charge in [-0.3, -0.25) is 20.3 Å². The molecule has 0 heterocycles. The molecule has 3 N–H and O–H groups in total. The number of nitrogens with two attached hydrogens (primary N) is 1. The second kappa shape index (κ2) is 6.44. The Balaban J connectivity index is 2.46. The molecule has 0 atom stereocenters. The third-order valence-corrected chi connectivity index (χ3v) is 2.03. The van der Waals surface area contributed by atoms with Crippen molar-refractivity contribution >= 4 is 11.6 Å². The second-order valence-electron chi connectivity index (χ2n) is 3.24. The summed E-state index contributed by atoms with van der Waals surface area (Å²) in [5.74, 6) is 4.80. The summed E-state index contributed by atoms with van der Waals surface area (Å²) in [4.78, 5) is 20.9. The molecule has 92 valence electrons. The van der Waals surface area contributed by atoms with Gasteiger partial charge in [0.15, 0.2) is 5.75 Å². The molecule has 0 saturated heterocycles. The highest BCUT2D eigenvalue weighted by molar-refractivity contribution is 5.75. The fourth-order valence-electron chi connectivity index (χ4n) is 1.22. The minimum atomic E-state index is -0.512. The van der Waals surface area contributed by atoms with Crippen LogP contribution in [0.3, 0.4) is 0 Å². The van der Waals surface area contributed by atoms with E-state index in [2.05, 4.69) is 0 Å². The van der Waals surface area contributed by atoms with Crippen LogP contribution in [-0.2, 0) is 4.79 Å². The van der Waals surface area contributed by atoms with Crippen molar-refractivity contribution in [3.8, 4) is 5.75 Å². The first-order valence-electron chi connectivity index (χ1n) is 5.01. The van der Waals surface area contributed by atoms with Gasteiger partial charge in [-0.15, -0.1) is 0 Å². The van der Waals surface area contributed by atoms with Crippen LogP contribution in [0.5, 0.6) is 5.75 Å². The van der Waals surface area contributed by atoms with Crippen LogP contribution in [0.4, 0.5) is 5.69 Å². The molecule has 0 fully saturated rings. The number of nitrogens with zero attached hydrogens (tertiary/aromatic N) is 1. The van der Waals surface area contributed by atoms with Crippen molar-refractivity contribution < 1.29 is 14.5 Å². The molecule has 0 saturated carbocycles. The Kier molecular flexibility index (Phi) is 4.89. The molecule has 7 nitrogen and oxygen atoms in total. The van der Waals surface area contributed by atoms with Crippen LogP contribution >= 0.6 is 0 Å². The fraction of sp³-hybridized carbons (Fsp3) is 0.300. The SMILES string of the molecule is NNC(=O)CCCOc1ccccc1[N+](=O)[O-]. The van der Waals surface area contributed by atoms with Gasteiger partial charge < -0.3 is 4.74 Å². The first-order valence-corrected chi connectivity index (χ1v) is 5.01. The van der Waals surface area contributed by atoms with Gasteiger partial charge in [0.2, 0.25) is 5.91 Å². The number of para-hydroxylation sites is 2. The molecule has 0 bridgehead atoms. The molecule has 0 unspecified atom stereocenters. The van der Waals surface area contributed by atoms with E-state index in [1.807, 2.05) is 5.43 Å². The minimum Gasteiger partial charge on any atom is -0.487 e. The zero-order valence-electron chi connectivity index (χ0n) is 9.09. The molecule has 1 rings (SSSR count). The molecule has 1 amide bonds. The van der Waals surface area contributed by atoms with Crippen LogP contribution in [0, 0.1) is 10.1 Å². The van der Waals surface area contributed by atoms with E-state index in [0.29, 0.717) is 6.42 Å². The number of carbonyl (C=O) groups excluding carboxylic acids is 1. The lowest BCUT2D eigenvalue weighted by Crippen LogP contribution is -2.29. The van der Waals surface area contributed by atoms with Gasteiger partial charge in [0.1, 0.15) is 0 Å². The molecule has 1 aromatic rings. The Morgan fingerprint density at radius 1 is 1.47 bits per heavy atom. The molecular weight excluding hydrogens is 226 g/mol. The highest BCUT2D eigenvalue weighted by Crippen LogP contribution is 2.25. The number of nitrogens with one attached hydrogen (secondary N) is 1. The Morgan fingerprint density at radius 2 is 2.18 bits per heavy atom. The lowest BCUT2D eigenvalue weighted by atomic mass is 10.3. The van der Waals surface area contributed by atoms with E-state index >= 15 is 0 Å². The zero-order chi connectivity index (χ0) is 12.7. The maximum atomic E-state index is 10.8.